The summed E-state index contributed by atoms with van der Waals surface area (Å²) in [5.41, 5.74) is 8.20. The fourth-order valence-electron chi connectivity index (χ4n) is 2.34. The number of hydrogen-bond acceptors (Lipinski definition) is 4. The molecule has 0 aliphatic heterocycles. The standard InChI is InChI=1S/C16H13NO2S/c1-19-16(18)14-13(9-20-15(14)17)12-8-4-6-10-5-2-3-7-11(10)12/h2-9H,17H2,1H3. The third-order valence-corrected chi connectivity index (χ3v) is 4.10. The van der Waals surface area contributed by atoms with Crippen LogP contribution in [0.25, 0.3) is 21.9 Å². The highest BCUT2D eigenvalue weighted by Gasteiger charge is 2.20. The quantitative estimate of drug-likeness (QED) is 0.725. The van der Waals surface area contributed by atoms with Crippen molar-refractivity contribution in [1.29, 1.82) is 0 Å². The highest BCUT2D eigenvalue weighted by Crippen LogP contribution is 2.37. The second-order valence-electron chi connectivity index (χ2n) is 4.41. The van der Waals surface area contributed by atoms with Crippen molar-refractivity contribution >= 4 is 33.1 Å². The molecule has 0 aliphatic carbocycles. The van der Waals surface area contributed by atoms with Crippen LogP contribution >= 0.6 is 11.3 Å². The predicted octanol–water partition coefficient (Wildman–Crippen LogP) is 3.94. The molecule has 4 heteroatoms. The number of nitrogen functional groups attached to an aromatic ring is 1. The highest BCUT2D eigenvalue weighted by molar-refractivity contribution is 7.15. The normalized spacial score (nSPS) is 10.7. The van der Waals surface area contributed by atoms with Gasteiger partial charge in [-0.15, -0.1) is 11.3 Å². The van der Waals surface area contributed by atoms with Gasteiger partial charge in [0.15, 0.2) is 0 Å². The van der Waals surface area contributed by atoms with Gasteiger partial charge in [0, 0.05) is 10.9 Å². The van der Waals surface area contributed by atoms with Gasteiger partial charge in [0.1, 0.15) is 10.6 Å². The molecule has 0 saturated heterocycles. The molecule has 1 aromatic heterocycles. The summed E-state index contributed by atoms with van der Waals surface area (Å²) in [6, 6.07) is 14.1. The van der Waals surface area contributed by atoms with Crippen molar-refractivity contribution in [3.05, 3.63) is 53.4 Å². The van der Waals surface area contributed by atoms with Gasteiger partial charge in [-0.1, -0.05) is 42.5 Å². The van der Waals surface area contributed by atoms with Crippen molar-refractivity contribution in [2.45, 2.75) is 0 Å². The fourth-order valence-corrected chi connectivity index (χ4v) is 3.14. The number of carbonyl (C=O) groups is 1. The van der Waals surface area contributed by atoms with Gasteiger partial charge in [0.05, 0.1) is 7.11 Å². The smallest absolute Gasteiger partial charge is 0.341 e. The highest BCUT2D eigenvalue weighted by atomic mass is 32.1. The first-order chi connectivity index (χ1) is 9.72. The first kappa shape index (κ1) is 12.7. The predicted molar refractivity (Wildman–Crippen MR) is 83.0 cm³/mol. The molecule has 0 spiro atoms. The largest absolute Gasteiger partial charge is 0.465 e. The van der Waals surface area contributed by atoms with Crippen molar-refractivity contribution in [1.82, 2.24) is 0 Å². The zero-order chi connectivity index (χ0) is 14.1. The van der Waals surface area contributed by atoms with Gasteiger partial charge in [0.2, 0.25) is 0 Å². The minimum atomic E-state index is -0.397. The van der Waals surface area contributed by atoms with E-state index in [0.717, 1.165) is 21.9 Å². The van der Waals surface area contributed by atoms with E-state index >= 15 is 0 Å². The second kappa shape index (κ2) is 4.98. The molecule has 20 heavy (non-hydrogen) atoms. The number of fused-ring (bicyclic) bond motifs is 1. The Hall–Kier alpha value is -2.33. The summed E-state index contributed by atoms with van der Waals surface area (Å²) < 4.78 is 4.84. The summed E-state index contributed by atoms with van der Waals surface area (Å²) in [6.07, 6.45) is 0. The average molecular weight is 283 g/mol. The Morgan fingerprint density at radius 3 is 2.65 bits per heavy atom. The van der Waals surface area contributed by atoms with Crippen molar-refractivity contribution < 1.29 is 9.53 Å². The molecule has 3 rings (SSSR count). The maximum absolute atomic E-state index is 11.9. The van der Waals surface area contributed by atoms with Gasteiger partial charge < -0.3 is 10.5 Å². The van der Waals surface area contributed by atoms with Crippen LogP contribution in [-0.2, 0) is 4.74 Å². The Kier molecular flexibility index (Phi) is 3.16. The van der Waals surface area contributed by atoms with E-state index in [1.54, 1.807) is 0 Å². The topological polar surface area (TPSA) is 52.3 Å². The lowest BCUT2D eigenvalue weighted by atomic mass is 9.97. The minimum Gasteiger partial charge on any atom is -0.465 e. The van der Waals surface area contributed by atoms with Gasteiger partial charge in [-0.05, 0) is 16.3 Å². The number of carbonyl (C=O) groups excluding carboxylic acids is 1. The van der Waals surface area contributed by atoms with Gasteiger partial charge in [-0.25, -0.2) is 4.79 Å². The van der Waals surface area contributed by atoms with Crippen LogP contribution in [0.3, 0.4) is 0 Å². The van der Waals surface area contributed by atoms with E-state index < -0.39 is 5.97 Å². The maximum Gasteiger partial charge on any atom is 0.341 e. The molecule has 0 unspecified atom stereocenters. The monoisotopic (exact) mass is 283 g/mol. The van der Waals surface area contributed by atoms with Crippen LogP contribution in [-0.4, -0.2) is 13.1 Å². The van der Waals surface area contributed by atoms with Crippen LogP contribution in [0.5, 0.6) is 0 Å². The lowest BCUT2D eigenvalue weighted by Gasteiger charge is -2.07. The molecule has 100 valence electrons. The zero-order valence-electron chi connectivity index (χ0n) is 10.9. The van der Waals surface area contributed by atoms with Crippen LogP contribution in [0, 0.1) is 0 Å². The molecule has 3 nitrogen and oxygen atoms in total. The number of benzene rings is 2. The molecule has 0 bridgehead atoms. The van der Waals surface area contributed by atoms with Crippen LogP contribution in [0.4, 0.5) is 5.00 Å². The minimum absolute atomic E-state index is 0.397. The number of anilines is 1. The Labute approximate surface area is 120 Å². The molecule has 3 aromatic rings. The van der Waals surface area contributed by atoms with Crippen molar-refractivity contribution in [3.63, 3.8) is 0 Å². The third kappa shape index (κ3) is 1.94. The summed E-state index contributed by atoms with van der Waals surface area (Å²) >= 11 is 1.36. The number of methoxy groups -OCH3 is 1. The summed E-state index contributed by atoms with van der Waals surface area (Å²) in [7, 11) is 1.37. The molecule has 0 aliphatic rings. The molecule has 0 saturated carbocycles. The number of thiophene rings is 1. The van der Waals surface area contributed by atoms with Gasteiger partial charge in [0.25, 0.3) is 0 Å². The molecule has 1 heterocycles. The van der Waals surface area contributed by atoms with E-state index in [1.165, 1.54) is 18.4 Å². The molecular formula is C16H13NO2S. The van der Waals surface area contributed by atoms with E-state index in [9.17, 15) is 4.79 Å². The van der Waals surface area contributed by atoms with E-state index in [4.69, 9.17) is 10.5 Å². The summed E-state index contributed by atoms with van der Waals surface area (Å²) in [5, 5.41) is 4.62. The van der Waals surface area contributed by atoms with Gasteiger partial charge in [-0.3, -0.25) is 0 Å². The van der Waals surface area contributed by atoms with E-state index in [1.807, 2.05) is 47.8 Å². The molecule has 0 radical (unpaired) electrons. The van der Waals surface area contributed by atoms with E-state index in [2.05, 4.69) is 0 Å². The average Bonchev–Trinajstić information content (AvgIpc) is 2.87. The van der Waals surface area contributed by atoms with Gasteiger partial charge >= 0.3 is 5.97 Å². The molecule has 0 amide bonds. The van der Waals surface area contributed by atoms with Gasteiger partial charge in [-0.2, -0.15) is 0 Å². The Bertz CT molecular complexity index is 787. The maximum atomic E-state index is 11.9. The molecule has 2 N–H and O–H groups in total. The second-order valence-corrected chi connectivity index (χ2v) is 5.32. The first-order valence-corrected chi connectivity index (χ1v) is 7.03. The number of esters is 1. The fraction of sp³-hybridized carbons (Fsp3) is 0.0625. The lowest BCUT2D eigenvalue weighted by molar-refractivity contribution is 0.0603. The Balaban J connectivity index is 2.29. The van der Waals surface area contributed by atoms with Crippen LogP contribution < -0.4 is 5.73 Å². The van der Waals surface area contributed by atoms with Crippen molar-refractivity contribution in [3.8, 4) is 11.1 Å². The third-order valence-electron chi connectivity index (χ3n) is 3.29. The number of hydrogen-bond donors (Lipinski definition) is 1. The Morgan fingerprint density at radius 1 is 1.10 bits per heavy atom. The van der Waals surface area contributed by atoms with E-state index in [-0.39, 0.29) is 0 Å². The van der Waals surface area contributed by atoms with Crippen LogP contribution in [0.2, 0.25) is 0 Å². The summed E-state index contributed by atoms with van der Waals surface area (Å²) in [6.45, 7) is 0. The van der Waals surface area contributed by atoms with Crippen LogP contribution in [0.1, 0.15) is 10.4 Å². The number of rotatable bonds is 2. The summed E-state index contributed by atoms with van der Waals surface area (Å²) in [4.78, 5) is 11.9. The molecule has 0 atom stereocenters. The van der Waals surface area contributed by atoms with Crippen molar-refractivity contribution in [2.24, 2.45) is 0 Å². The molecule has 0 fully saturated rings. The van der Waals surface area contributed by atoms with Crippen molar-refractivity contribution in [2.75, 3.05) is 12.8 Å². The number of nitrogens with two attached hydrogens (primary N) is 1. The molecular weight excluding hydrogens is 270 g/mol. The Morgan fingerprint density at radius 2 is 1.85 bits per heavy atom. The first-order valence-electron chi connectivity index (χ1n) is 6.16. The SMILES string of the molecule is COC(=O)c1c(-c2cccc3ccccc23)csc1N. The number of ether oxygens (including phenoxy) is 1. The molecule has 2 aromatic carbocycles. The van der Waals surface area contributed by atoms with E-state index in [0.29, 0.717) is 10.6 Å². The zero-order valence-corrected chi connectivity index (χ0v) is 11.7. The summed E-state index contributed by atoms with van der Waals surface area (Å²) in [5.74, 6) is -0.397. The lowest BCUT2D eigenvalue weighted by Crippen LogP contribution is -2.04. The van der Waals surface area contributed by atoms with Crippen LogP contribution in [0.15, 0.2) is 47.8 Å².